The number of benzene rings is 6. The average Bonchev–Trinajstić information content (AvgIpc) is 1.61. The molecule has 0 radical (unpaired) electrons. The lowest BCUT2D eigenvalue weighted by atomic mass is 9.93. The fourth-order valence-electron chi connectivity index (χ4n) is 17.2. The molecular weight excluding hydrogens is 1880 g/mol. The molecule has 0 atom stereocenters. The monoisotopic (exact) mass is 1980 g/mol. The molecule has 0 spiro atoms. The number of amides is 6. The van der Waals surface area contributed by atoms with E-state index in [1.807, 2.05) is 182 Å². The number of imidazole rings is 3. The number of hydrogen-bond donors (Lipinski definition) is 11. The van der Waals surface area contributed by atoms with Gasteiger partial charge in [0.05, 0.1) is 102 Å². The lowest BCUT2D eigenvalue weighted by Crippen LogP contribution is -2.26. The second kappa shape index (κ2) is 42.5. The summed E-state index contributed by atoms with van der Waals surface area (Å²) >= 11 is 0. The minimum atomic E-state index is -0.0666. The van der Waals surface area contributed by atoms with Crippen LogP contribution in [0.15, 0.2) is 254 Å². The molecule has 18 aromatic rings. The topological polar surface area (TPSA) is 599 Å². The van der Waals surface area contributed by atoms with Crippen molar-refractivity contribution in [2.45, 2.75) is 130 Å². The lowest BCUT2D eigenvalue weighted by Gasteiger charge is -2.17. The van der Waals surface area contributed by atoms with Crippen molar-refractivity contribution in [3.8, 4) is 69.4 Å². The number of aromatic amines is 4. The van der Waals surface area contributed by atoms with Crippen molar-refractivity contribution in [2.75, 3.05) is 70.4 Å². The van der Waals surface area contributed by atoms with Crippen molar-refractivity contribution >= 4 is 105 Å². The molecule has 12 aromatic heterocycles. The summed E-state index contributed by atoms with van der Waals surface area (Å²) in [5.41, 5.74) is 50.0. The van der Waals surface area contributed by atoms with Gasteiger partial charge in [-0.1, -0.05) is 217 Å². The van der Waals surface area contributed by atoms with Gasteiger partial charge in [0.25, 0.3) is 0 Å². The van der Waals surface area contributed by atoms with Crippen molar-refractivity contribution in [3.63, 3.8) is 0 Å². The Kier molecular flexibility index (Phi) is 28.0. The van der Waals surface area contributed by atoms with Crippen LogP contribution in [0.2, 0.25) is 0 Å². The Bertz CT molecular complexity index is 7540. The molecule has 6 amide bonds. The smallest absolute Gasteiger partial charge is 0.233 e. The zero-order chi connectivity index (χ0) is 103. The summed E-state index contributed by atoms with van der Waals surface area (Å²) in [4.78, 5) is 157. The largest absolute Gasteiger partial charge is 0.461 e. The maximum atomic E-state index is 12.6. The van der Waals surface area contributed by atoms with Crippen LogP contribution in [0.5, 0.6) is 0 Å². The molecular formula is C106H102N34O8. The number of nitrogens with one attached hydrogen (secondary N) is 4. The quantitative estimate of drug-likeness (QED) is 0.0318. The predicted molar refractivity (Wildman–Crippen MR) is 556 cm³/mol. The van der Waals surface area contributed by atoms with E-state index in [0.29, 0.717) is 213 Å². The number of aliphatic hydroxyl groups excluding tert-OH is 1. The van der Waals surface area contributed by atoms with Crippen LogP contribution >= 0.6 is 0 Å². The van der Waals surface area contributed by atoms with E-state index in [0.717, 1.165) is 50.3 Å². The number of H-pyrrole nitrogens is 4. The number of aliphatic hydroxyl groups is 1. The molecule has 744 valence electrons. The summed E-state index contributed by atoms with van der Waals surface area (Å²) in [7, 11) is 0. The van der Waals surface area contributed by atoms with Gasteiger partial charge in [-0.25, -0.2) is 74.8 Å². The van der Waals surface area contributed by atoms with E-state index in [2.05, 4.69) is 140 Å². The minimum absolute atomic E-state index is 0.0193. The van der Waals surface area contributed by atoms with Gasteiger partial charge >= 0.3 is 0 Å². The lowest BCUT2D eigenvalue weighted by molar-refractivity contribution is -0.118. The van der Waals surface area contributed by atoms with Gasteiger partial charge in [0.2, 0.25) is 35.4 Å². The van der Waals surface area contributed by atoms with Crippen molar-refractivity contribution in [2.24, 2.45) is 0 Å². The molecule has 0 saturated heterocycles. The highest BCUT2D eigenvalue weighted by molar-refractivity contribution is 6.06. The molecule has 0 saturated carbocycles. The van der Waals surface area contributed by atoms with Crippen LogP contribution in [0.1, 0.15) is 119 Å². The van der Waals surface area contributed by atoms with Gasteiger partial charge in [-0.05, 0) is 57.5 Å². The highest BCUT2D eigenvalue weighted by Gasteiger charge is 2.40. The number of rotatable bonds is 21. The van der Waals surface area contributed by atoms with Gasteiger partial charge < -0.3 is 58.5 Å². The zero-order valence-corrected chi connectivity index (χ0v) is 81.2. The molecule has 24 rings (SSSR count). The van der Waals surface area contributed by atoms with Gasteiger partial charge in [0, 0.05) is 93.9 Å². The SMILES string of the molecule is CC(C)(C)c1cnc(-c2nc(N)c3c(n2)N(Cc2ccccc2)C(=O)C3)[nH]1.CC(C)c1cnc(-c2nc(N)c3c(n2)N(Cc2ccccc2)C(=O)C3)[nH]1.Nc1nc(-c2ccco2)nc2c1CC(=O)N2Cc1ccccc1.Nc1nc(-c2ccn[nH]2)nc2c1CC(=O)N2Cc1ccccc1.Nc1nc(-c2cn[nH]c2)nc2c1CC(=O)N2Cc1ccccc1.Nc1nc(-c2nccn2CCO)nc2c1CC(=O)N2Cc1ccccc1. The molecule has 17 N–H and O–H groups in total. The van der Waals surface area contributed by atoms with E-state index in [1.165, 1.54) is 0 Å². The molecule has 42 heteroatoms. The first-order valence-electron chi connectivity index (χ1n) is 47.5. The summed E-state index contributed by atoms with van der Waals surface area (Å²) in [6.45, 7) is 13.5. The van der Waals surface area contributed by atoms with E-state index in [1.54, 1.807) is 102 Å². The van der Waals surface area contributed by atoms with Gasteiger partial charge in [0.1, 0.15) is 75.5 Å². The Morgan fingerprint density at radius 1 is 0.365 bits per heavy atom. The first-order chi connectivity index (χ1) is 71.7. The maximum Gasteiger partial charge on any atom is 0.233 e. The van der Waals surface area contributed by atoms with Gasteiger partial charge in [-0.15, -0.1) is 0 Å². The molecule has 148 heavy (non-hydrogen) atoms. The maximum absolute atomic E-state index is 12.6. The molecule has 6 aromatic carbocycles. The van der Waals surface area contributed by atoms with Crippen LogP contribution in [0.4, 0.5) is 69.8 Å². The first kappa shape index (κ1) is 97.5. The number of nitrogens with zero attached hydrogens (tertiary/aromatic N) is 24. The van der Waals surface area contributed by atoms with Crippen LogP contribution in [-0.4, -0.2) is 157 Å². The summed E-state index contributed by atoms with van der Waals surface area (Å²) in [5.74, 6) is 10.1. The van der Waals surface area contributed by atoms with Crippen LogP contribution in [0, 0.1) is 0 Å². The second-order valence-electron chi connectivity index (χ2n) is 36.6. The van der Waals surface area contributed by atoms with Crippen molar-refractivity contribution in [3.05, 3.63) is 328 Å². The molecule has 0 aliphatic carbocycles. The molecule has 42 nitrogen and oxygen atoms in total. The van der Waals surface area contributed by atoms with Gasteiger partial charge in [-0.2, -0.15) is 10.2 Å². The predicted octanol–water partition coefficient (Wildman–Crippen LogP) is 12.0. The molecule has 6 aliphatic heterocycles. The second-order valence-corrected chi connectivity index (χ2v) is 36.6. The number of fused-ring (bicyclic) bond motifs is 6. The third-order valence-corrected chi connectivity index (χ3v) is 25.0. The molecule has 0 unspecified atom stereocenters. The highest BCUT2D eigenvalue weighted by Crippen LogP contribution is 2.42. The molecule has 6 aliphatic rings. The van der Waals surface area contributed by atoms with E-state index < -0.39 is 0 Å². The Balaban J connectivity index is 0.000000112. The Morgan fingerprint density at radius 3 is 1.03 bits per heavy atom. The fourth-order valence-corrected chi connectivity index (χ4v) is 17.2. The summed E-state index contributed by atoms with van der Waals surface area (Å²) in [6.07, 6.45) is 14.7. The van der Waals surface area contributed by atoms with Crippen LogP contribution in [0.25, 0.3) is 69.4 Å². The number of carbonyl (C=O) groups is 6. The normalized spacial score (nSPS) is 13.5. The third-order valence-electron chi connectivity index (χ3n) is 25.0. The molecule has 18 heterocycles. The van der Waals surface area contributed by atoms with Crippen LogP contribution < -0.4 is 63.8 Å². The summed E-state index contributed by atoms with van der Waals surface area (Å²) in [5, 5.41) is 22.5. The third kappa shape index (κ3) is 21.3. The highest BCUT2D eigenvalue weighted by atomic mass is 16.3. The Labute approximate surface area is 846 Å². The standard InChI is InChI=1S/C20H22N6O.C19H20N6O.C18H18N6O2.C17H14N4O2.2C16H14N6O/c1-20(2,3)14-10-22-17(23-14)18-24-16(21)13-9-15(27)26(19(13)25-18)11-12-7-5-4-6-8-12;1-11(2)14-9-21-17(22-14)18-23-16(20)13-8-15(26)25(19(13)24-18)10-12-6-4-3-5-7-12;19-15-13-10-14(26)24(11-12-4-2-1-3-5-12)17(13)22-16(21-15)18-20-6-7-23(18)8-9-25;18-15-12-9-14(22)21(10-11-5-2-1-3-6-11)17(12)20-16(19-15)13-7-4-8-23-13;17-14-12-6-13(23)22(9-10-4-2-1-3-5-10)16(12)21-15(20-14)11-7-18-19-8-11;17-14-11-8-13(23)22(9-10-4-2-1-3-5-10)16(11)20-15(19-14)12-6-7-18-21-12/h4-8,10H,9,11H2,1-3H3,(H,22,23)(H2,21,24,25);3-7,9,11H,8,10H2,1-2H3,(H,21,22)(H2,20,23,24);1-7,25H,8-11H2,(H2,19,21,22);1-8H,9-10H2,(H2,18,19,20);1-5,7-8H,6,9H2,(H,18,19)(H2,17,20,21);1-7H,8-9H2,(H,18,21)(H2,17,19,20). The summed E-state index contributed by atoms with van der Waals surface area (Å²) in [6, 6.07) is 64.0. The fraction of sp³-hybridized carbons (Fsp3) is 0.198. The number of nitrogen functional groups attached to an aromatic ring is 6. The van der Waals surface area contributed by atoms with Gasteiger partial charge in [0.15, 0.2) is 58.2 Å². The van der Waals surface area contributed by atoms with E-state index in [4.69, 9.17) is 38.8 Å². The molecule has 0 fully saturated rings. The van der Waals surface area contributed by atoms with Crippen molar-refractivity contribution in [1.29, 1.82) is 0 Å². The number of anilines is 12. The van der Waals surface area contributed by atoms with Crippen molar-refractivity contribution in [1.82, 2.24) is 110 Å². The average molecular weight is 1980 g/mol. The Morgan fingerprint density at radius 2 is 0.703 bits per heavy atom. The number of carbonyl (C=O) groups excluding carboxylic acids is 6. The van der Waals surface area contributed by atoms with E-state index in [-0.39, 0.29) is 91.8 Å². The Hall–Kier alpha value is -19.3. The number of aromatic nitrogens is 22. The van der Waals surface area contributed by atoms with E-state index >= 15 is 0 Å². The van der Waals surface area contributed by atoms with Gasteiger partial charge in [-0.3, -0.25) is 68.4 Å². The zero-order valence-electron chi connectivity index (χ0n) is 81.2. The molecule has 0 bridgehead atoms. The van der Waals surface area contributed by atoms with E-state index in [9.17, 15) is 33.9 Å². The number of hydrogen-bond acceptors (Lipinski definition) is 31. The van der Waals surface area contributed by atoms with Crippen molar-refractivity contribution < 1.29 is 38.3 Å². The summed E-state index contributed by atoms with van der Waals surface area (Å²) < 4.78 is 7.08. The number of furan rings is 1. The van der Waals surface area contributed by atoms with Crippen LogP contribution in [-0.2, 0) is 119 Å². The minimum Gasteiger partial charge on any atom is -0.461 e. The first-order valence-corrected chi connectivity index (χ1v) is 47.5. The number of nitrogens with two attached hydrogens (primary N) is 6. The van der Waals surface area contributed by atoms with Crippen LogP contribution in [0.3, 0.4) is 0 Å².